The summed E-state index contributed by atoms with van der Waals surface area (Å²) in [5.74, 6) is -0.366. The molecule has 4 rings (SSSR count). The zero-order chi connectivity index (χ0) is 28.2. The van der Waals surface area contributed by atoms with Crippen LogP contribution in [0, 0.1) is 0 Å². The largest absolute Gasteiger partial charge is 0.493 e. The van der Waals surface area contributed by atoms with Gasteiger partial charge < -0.3 is 14.2 Å². The van der Waals surface area contributed by atoms with E-state index in [9.17, 15) is 18.0 Å². The summed E-state index contributed by atoms with van der Waals surface area (Å²) in [6, 6.07) is 13.9. The van der Waals surface area contributed by atoms with Gasteiger partial charge in [0.2, 0.25) is 0 Å². The van der Waals surface area contributed by atoms with E-state index < -0.39 is 21.9 Å². The Morgan fingerprint density at radius 1 is 1.05 bits per heavy atom. The summed E-state index contributed by atoms with van der Waals surface area (Å²) in [5.41, 5.74) is 2.28. The van der Waals surface area contributed by atoms with Gasteiger partial charge in [0.25, 0.3) is 5.56 Å². The summed E-state index contributed by atoms with van der Waals surface area (Å²) in [7, 11) is -1.98. The molecule has 1 atom stereocenters. The molecule has 2 aromatic heterocycles. The van der Waals surface area contributed by atoms with E-state index in [2.05, 4.69) is 5.10 Å². The highest BCUT2D eigenvalue weighted by Gasteiger charge is 2.23. The Balaban J connectivity index is 1.59. The molecule has 2 heterocycles. The fraction of sp³-hybridized carbons (Fsp3) is 0.296. The highest BCUT2D eigenvalue weighted by atomic mass is 35.5. The molecule has 0 N–H and O–H groups in total. The van der Waals surface area contributed by atoms with Crippen LogP contribution in [0.3, 0.4) is 0 Å². The number of hydrogen-bond acceptors (Lipinski definition) is 8. The molecule has 0 radical (unpaired) electrons. The van der Waals surface area contributed by atoms with Gasteiger partial charge in [-0.1, -0.05) is 37.6 Å². The lowest BCUT2D eigenvalue weighted by molar-refractivity contribution is -0.148. The molecule has 0 amide bonds. The van der Waals surface area contributed by atoms with Crippen molar-refractivity contribution in [3.05, 3.63) is 76.4 Å². The summed E-state index contributed by atoms with van der Waals surface area (Å²) in [6.45, 7) is 2.96. The molecule has 0 saturated carbocycles. The van der Waals surface area contributed by atoms with Crippen LogP contribution in [0.15, 0.2) is 65.8 Å². The van der Waals surface area contributed by atoms with Crippen molar-refractivity contribution in [2.75, 3.05) is 25.2 Å². The van der Waals surface area contributed by atoms with E-state index in [0.717, 1.165) is 11.1 Å². The van der Waals surface area contributed by atoms with Crippen LogP contribution < -0.4 is 15.0 Å². The third kappa shape index (κ3) is 6.61. The molecule has 2 aromatic carbocycles. The SMILES string of the molecule is CCC(=O)O[C@@H](COc1ccc(-n2cnn3cc(-c4ccc(Cl)cc4)cc3c2=O)cc1OC)CS(=O)(=O)CC. The van der Waals surface area contributed by atoms with Crippen molar-refractivity contribution in [1.29, 1.82) is 0 Å². The van der Waals surface area contributed by atoms with E-state index in [-0.39, 0.29) is 30.1 Å². The Hall–Kier alpha value is -3.83. The summed E-state index contributed by atoms with van der Waals surface area (Å²) >= 11 is 5.99. The molecule has 0 aliphatic carbocycles. The number of ether oxygens (including phenoxy) is 3. The number of halogens is 1. The fourth-order valence-electron chi connectivity index (χ4n) is 3.87. The van der Waals surface area contributed by atoms with Crippen LogP contribution in [0.4, 0.5) is 0 Å². The average Bonchev–Trinajstić information content (AvgIpc) is 3.37. The zero-order valence-electron chi connectivity index (χ0n) is 21.7. The molecule has 0 fully saturated rings. The number of methoxy groups -OCH3 is 1. The van der Waals surface area contributed by atoms with Gasteiger partial charge in [-0.25, -0.2) is 12.9 Å². The van der Waals surface area contributed by atoms with E-state index in [1.54, 1.807) is 49.5 Å². The van der Waals surface area contributed by atoms with Gasteiger partial charge >= 0.3 is 5.97 Å². The Bertz CT molecular complexity index is 1650. The minimum Gasteiger partial charge on any atom is -0.493 e. The molecule has 4 aromatic rings. The molecular formula is C27H28ClN3O7S. The Morgan fingerprint density at radius 3 is 2.46 bits per heavy atom. The van der Waals surface area contributed by atoms with Crippen LogP contribution in [0.1, 0.15) is 20.3 Å². The lowest BCUT2D eigenvalue weighted by Crippen LogP contribution is -2.33. The van der Waals surface area contributed by atoms with Gasteiger partial charge in [-0.3, -0.25) is 14.2 Å². The third-order valence-corrected chi connectivity index (χ3v) is 8.04. The van der Waals surface area contributed by atoms with Crippen molar-refractivity contribution in [2.45, 2.75) is 26.4 Å². The van der Waals surface area contributed by atoms with Gasteiger partial charge in [0.05, 0.1) is 18.6 Å². The Morgan fingerprint density at radius 2 is 1.79 bits per heavy atom. The molecular weight excluding hydrogens is 546 g/mol. The van der Waals surface area contributed by atoms with Gasteiger partial charge in [0, 0.05) is 35.0 Å². The Kier molecular flexibility index (Phi) is 8.61. The predicted molar refractivity (Wildman–Crippen MR) is 148 cm³/mol. The number of carbonyl (C=O) groups is 1. The van der Waals surface area contributed by atoms with Crippen LogP contribution >= 0.6 is 11.6 Å². The van der Waals surface area contributed by atoms with E-state index in [1.165, 1.54) is 29.4 Å². The first-order valence-electron chi connectivity index (χ1n) is 12.2. The lowest BCUT2D eigenvalue weighted by atomic mass is 10.1. The predicted octanol–water partition coefficient (Wildman–Crippen LogP) is 3.95. The number of rotatable bonds is 11. The van der Waals surface area contributed by atoms with Crippen molar-refractivity contribution < 1.29 is 27.4 Å². The van der Waals surface area contributed by atoms with E-state index in [0.29, 0.717) is 27.7 Å². The molecule has 0 aliphatic heterocycles. The highest BCUT2D eigenvalue weighted by molar-refractivity contribution is 7.91. The molecule has 0 aliphatic rings. The standard InChI is InChI=1S/C27H28ClN3O7S/c1-4-26(32)38-22(16-39(34,35)5-2)15-37-24-11-10-21(13-25(24)36-3)30-17-29-31-14-19(12-23(31)27(30)33)18-6-8-20(28)9-7-18/h6-14,17,22H,4-5,15-16H2,1-3H3/t22-/m0/s1. The number of benzene rings is 2. The molecule has 0 bridgehead atoms. The number of hydrogen-bond donors (Lipinski definition) is 0. The monoisotopic (exact) mass is 573 g/mol. The number of nitrogens with zero attached hydrogens (tertiary/aromatic N) is 3. The minimum absolute atomic E-state index is 0.0822. The summed E-state index contributed by atoms with van der Waals surface area (Å²) in [6.07, 6.45) is 2.30. The topological polar surface area (TPSA) is 118 Å². The normalized spacial score (nSPS) is 12.3. The van der Waals surface area contributed by atoms with E-state index in [1.807, 2.05) is 12.1 Å². The second-order valence-electron chi connectivity index (χ2n) is 8.68. The van der Waals surface area contributed by atoms with Crippen molar-refractivity contribution in [2.24, 2.45) is 0 Å². The maximum Gasteiger partial charge on any atom is 0.305 e. The number of esters is 1. The van der Waals surface area contributed by atoms with Crippen LogP contribution in [0.2, 0.25) is 5.02 Å². The van der Waals surface area contributed by atoms with Gasteiger partial charge in [-0.15, -0.1) is 0 Å². The molecule has 39 heavy (non-hydrogen) atoms. The number of sulfone groups is 1. The molecule has 12 heteroatoms. The molecule has 10 nitrogen and oxygen atoms in total. The van der Waals surface area contributed by atoms with Crippen LogP contribution in [-0.4, -0.2) is 59.9 Å². The van der Waals surface area contributed by atoms with Crippen LogP contribution in [0.5, 0.6) is 11.5 Å². The molecule has 0 saturated heterocycles. The third-order valence-electron chi connectivity index (χ3n) is 6.02. The average molecular weight is 574 g/mol. The van der Waals surface area contributed by atoms with Crippen molar-refractivity contribution >= 4 is 32.9 Å². The van der Waals surface area contributed by atoms with Gasteiger partial charge in [-0.2, -0.15) is 5.10 Å². The zero-order valence-corrected chi connectivity index (χ0v) is 23.2. The van der Waals surface area contributed by atoms with Crippen LogP contribution in [0.25, 0.3) is 22.3 Å². The smallest absolute Gasteiger partial charge is 0.305 e. The molecule has 206 valence electrons. The van der Waals surface area contributed by atoms with Crippen LogP contribution in [-0.2, 0) is 19.4 Å². The van der Waals surface area contributed by atoms with Crippen molar-refractivity contribution in [3.8, 4) is 28.3 Å². The van der Waals surface area contributed by atoms with Crippen molar-refractivity contribution in [3.63, 3.8) is 0 Å². The summed E-state index contributed by atoms with van der Waals surface area (Å²) in [4.78, 5) is 25.1. The first-order valence-corrected chi connectivity index (χ1v) is 14.4. The van der Waals surface area contributed by atoms with Gasteiger partial charge in [-0.05, 0) is 35.9 Å². The number of aromatic nitrogens is 3. The molecule has 0 spiro atoms. The van der Waals surface area contributed by atoms with Gasteiger partial charge in [0.1, 0.15) is 24.6 Å². The van der Waals surface area contributed by atoms with Gasteiger partial charge in [0.15, 0.2) is 21.3 Å². The summed E-state index contributed by atoms with van der Waals surface area (Å²) < 4.78 is 43.7. The minimum atomic E-state index is -3.42. The first kappa shape index (κ1) is 28.2. The van der Waals surface area contributed by atoms with E-state index in [4.69, 9.17) is 25.8 Å². The summed E-state index contributed by atoms with van der Waals surface area (Å²) in [5, 5.41) is 4.99. The fourth-order valence-corrected chi connectivity index (χ4v) is 4.96. The lowest BCUT2D eigenvalue weighted by Gasteiger charge is -2.19. The number of carbonyl (C=O) groups excluding carboxylic acids is 1. The number of fused-ring (bicyclic) bond motifs is 1. The van der Waals surface area contributed by atoms with Crippen molar-refractivity contribution in [1.82, 2.24) is 14.2 Å². The Labute approximate surface area is 230 Å². The second kappa shape index (κ2) is 11.9. The van der Waals surface area contributed by atoms with E-state index >= 15 is 0 Å². The highest BCUT2D eigenvalue weighted by Crippen LogP contribution is 2.30. The quantitative estimate of drug-likeness (QED) is 0.248. The maximum atomic E-state index is 13.3. The maximum absolute atomic E-state index is 13.3. The second-order valence-corrected chi connectivity index (χ2v) is 11.5. The first-order chi connectivity index (χ1) is 18.6. The molecule has 0 unspecified atom stereocenters.